The van der Waals surface area contributed by atoms with Crippen molar-refractivity contribution in [3.8, 4) is 0 Å². The second-order valence-electron chi connectivity index (χ2n) is 6.16. The zero-order chi connectivity index (χ0) is 21.8. The molecular weight excluding hydrogens is 406 g/mol. The highest BCUT2D eigenvalue weighted by Crippen LogP contribution is 2.31. The fourth-order valence-electron chi connectivity index (χ4n) is 2.87. The van der Waals surface area contributed by atoms with E-state index in [-0.39, 0.29) is 11.5 Å². The number of carbonyl (C=O) groups is 1. The van der Waals surface area contributed by atoms with Crippen LogP contribution >= 0.6 is 0 Å². The topological polar surface area (TPSA) is 92.3 Å². The minimum atomic E-state index is -5.08. The Bertz CT molecular complexity index is 850. The molecule has 0 saturated carbocycles. The van der Waals surface area contributed by atoms with Crippen LogP contribution < -0.4 is 10.6 Å². The summed E-state index contributed by atoms with van der Waals surface area (Å²) < 4.78 is 72.1. The molecule has 12 heteroatoms. The van der Waals surface area contributed by atoms with Gasteiger partial charge in [-0.25, -0.2) is 27.9 Å². The summed E-state index contributed by atoms with van der Waals surface area (Å²) in [6.07, 6.45) is -1.47. The number of nitrogens with zero attached hydrogens (tertiary/aromatic N) is 3. The number of alkyl halides is 3. The molecule has 2 atom stereocenters. The van der Waals surface area contributed by atoms with E-state index in [0.717, 1.165) is 11.9 Å². The number of hydrogen-bond donors (Lipinski definition) is 2. The van der Waals surface area contributed by atoms with E-state index in [0.29, 0.717) is 25.6 Å². The normalized spacial score (nSPS) is 19.3. The smallest absolute Gasteiger partial charge is 0.475 e. The van der Waals surface area contributed by atoms with Crippen molar-refractivity contribution >= 4 is 11.8 Å². The standard InChI is InChI=1S/C15H15F3N4.C2HF3O2/c16-11-6-13(18)12(17)5-10(11)9-2-4-22(7-14(9)19)15-1-3-20-8-21-15;3-2(4,5)1(6)7/h1,3,5-6,8-9,14H,2,4,7,19H2;(H,6,7)/t9-,14+;/m1./s1. The molecular formula is C17H16F6N4O2. The van der Waals surface area contributed by atoms with Gasteiger partial charge in [0.05, 0.1) is 0 Å². The monoisotopic (exact) mass is 422 g/mol. The molecule has 3 rings (SSSR count). The Morgan fingerprint density at radius 2 is 1.79 bits per heavy atom. The Morgan fingerprint density at radius 3 is 2.31 bits per heavy atom. The molecule has 158 valence electrons. The van der Waals surface area contributed by atoms with Crippen LogP contribution in [0, 0.1) is 17.5 Å². The lowest BCUT2D eigenvalue weighted by Crippen LogP contribution is -2.48. The number of carboxylic acid groups (broad SMARTS) is 1. The second kappa shape index (κ2) is 9.07. The molecule has 1 aliphatic rings. The van der Waals surface area contributed by atoms with Crippen molar-refractivity contribution in [3.63, 3.8) is 0 Å². The lowest BCUT2D eigenvalue weighted by atomic mass is 9.85. The van der Waals surface area contributed by atoms with Crippen molar-refractivity contribution in [2.24, 2.45) is 5.73 Å². The number of aromatic nitrogens is 2. The SMILES string of the molecule is N[C@H]1CN(c2ccncn2)CC[C@@H]1c1cc(F)c(F)cc1F.O=C(O)C(F)(F)F. The summed E-state index contributed by atoms with van der Waals surface area (Å²) in [5, 5.41) is 7.12. The van der Waals surface area contributed by atoms with Crippen LogP contribution in [0.3, 0.4) is 0 Å². The van der Waals surface area contributed by atoms with E-state index in [1.54, 1.807) is 12.3 Å². The van der Waals surface area contributed by atoms with Gasteiger partial charge in [0.1, 0.15) is 18.0 Å². The Kier molecular flexibility index (Phi) is 7.01. The van der Waals surface area contributed by atoms with Gasteiger partial charge in [-0.2, -0.15) is 13.2 Å². The molecule has 1 fully saturated rings. The number of hydrogen-bond acceptors (Lipinski definition) is 5. The van der Waals surface area contributed by atoms with Gasteiger partial charge in [-0.1, -0.05) is 0 Å². The maximum atomic E-state index is 13.9. The van der Waals surface area contributed by atoms with E-state index in [1.165, 1.54) is 6.33 Å². The van der Waals surface area contributed by atoms with Crippen molar-refractivity contribution in [3.05, 3.63) is 53.7 Å². The van der Waals surface area contributed by atoms with E-state index in [4.69, 9.17) is 15.6 Å². The first-order valence-corrected chi connectivity index (χ1v) is 8.21. The summed E-state index contributed by atoms with van der Waals surface area (Å²) in [4.78, 5) is 18.9. The van der Waals surface area contributed by atoms with Gasteiger partial charge >= 0.3 is 12.1 Å². The molecule has 0 spiro atoms. The number of carboxylic acids is 1. The molecule has 3 N–H and O–H groups in total. The van der Waals surface area contributed by atoms with Gasteiger partial charge in [0.2, 0.25) is 0 Å². The number of benzene rings is 1. The highest BCUT2D eigenvalue weighted by Gasteiger charge is 2.38. The number of piperidine rings is 1. The molecule has 0 bridgehead atoms. The predicted molar refractivity (Wildman–Crippen MR) is 89.6 cm³/mol. The molecule has 1 aromatic carbocycles. The van der Waals surface area contributed by atoms with Crippen LogP contribution in [0.2, 0.25) is 0 Å². The summed E-state index contributed by atoms with van der Waals surface area (Å²) in [6, 6.07) is 2.86. The van der Waals surface area contributed by atoms with Gasteiger partial charge in [0.15, 0.2) is 11.6 Å². The van der Waals surface area contributed by atoms with Crippen LogP contribution in [-0.2, 0) is 4.79 Å². The lowest BCUT2D eigenvalue weighted by Gasteiger charge is -2.37. The van der Waals surface area contributed by atoms with E-state index < -0.39 is 35.6 Å². The minimum Gasteiger partial charge on any atom is -0.475 e. The predicted octanol–water partition coefficient (Wildman–Crippen LogP) is 2.85. The number of halogens is 6. The van der Waals surface area contributed by atoms with Crippen LogP contribution in [0.15, 0.2) is 30.7 Å². The van der Waals surface area contributed by atoms with Gasteiger partial charge in [0.25, 0.3) is 0 Å². The summed E-state index contributed by atoms with van der Waals surface area (Å²) >= 11 is 0. The van der Waals surface area contributed by atoms with Crippen LogP contribution in [-0.4, -0.2) is 46.4 Å². The third-order valence-corrected chi connectivity index (χ3v) is 4.23. The first-order chi connectivity index (χ1) is 13.5. The summed E-state index contributed by atoms with van der Waals surface area (Å²) in [7, 11) is 0. The molecule has 0 unspecified atom stereocenters. The molecule has 1 aromatic heterocycles. The van der Waals surface area contributed by atoms with Crippen molar-refractivity contribution in [1.29, 1.82) is 0 Å². The van der Waals surface area contributed by atoms with E-state index >= 15 is 0 Å². The molecule has 0 amide bonds. The van der Waals surface area contributed by atoms with Crippen molar-refractivity contribution in [1.82, 2.24) is 9.97 Å². The molecule has 2 aromatic rings. The third kappa shape index (κ3) is 5.79. The fraction of sp³-hybridized carbons (Fsp3) is 0.353. The minimum absolute atomic E-state index is 0.133. The third-order valence-electron chi connectivity index (χ3n) is 4.23. The molecule has 29 heavy (non-hydrogen) atoms. The number of nitrogens with two attached hydrogens (primary N) is 1. The maximum absolute atomic E-state index is 13.9. The van der Waals surface area contributed by atoms with Crippen molar-refractivity contribution in [2.45, 2.75) is 24.6 Å². The highest BCUT2D eigenvalue weighted by atomic mass is 19.4. The number of anilines is 1. The Morgan fingerprint density at radius 1 is 1.17 bits per heavy atom. The average molecular weight is 422 g/mol. The Labute approximate surface area is 161 Å². The zero-order valence-corrected chi connectivity index (χ0v) is 14.7. The van der Waals surface area contributed by atoms with Gasteiger partial charge < -0.3 is 15.7 Å². The fourth-order valence-corrected chi connectivity index (χ4v) is 2.87. The maximum Gasteiger partial charge on any atom is 0.490 e. The van der Waals surface area contributed by atoms with Gasteiger partial charge in [-0.05, 0) is 24.1 Å². The summed E-state index contributed by atoms with van der Waals surface area (Å²) in [5.74, 6) is -5.36. The van der Waals surface area contributed by atoms with Crippen molar-refractivity contribution in [2.75, 3.05) is 18.0 Å². The average Bonchev–Trinajstić information content (AvgIpc) is 2.65. The summed E-state index contributed by atoms with van der Waals surface area (Å²) in [5.41, 5.74) is 6.26. The number of rotatable bonds is 2. The van der Waals surface area contributed by atoms with Crippen molar-refractivity contribution < 1.29 is 36.2 Å². The number of aliphatic carboxylic acids is 1. The highest BCUT2D eigenvalue weighted by molar-refractivity contribution is 5.73. The van der Waals surface area contributed by atoms with Gasteiger partial charge in [-0.3, -0.25) is 0 Å². The molecule has 6 nitrogen and oxygen atoms in total. The molecule has 1 saturated heterocycles. The summed E-state index contributed by atoms with van der Waals surface area (Å²) in [6.45, 7) is 1.06. The zero-order valence-electron chi connectivity index (χ0n) is 14.7. The van der Waals surface area contributed by atoms with E-state index in [1.807, 2.05) is 4.90 Å². The molecule has 0 aliphatic carbocycles. The van der Waals surface area contributed by atoms with Crippen LogP contribution in [0.5, 0.6) is 0 Å². The lowest BCUT2D eigenvalue weighted by molar-refractivity contribution is -0.192. The van der Waals surface area contributed by atoms with Crippen LogP contribution in [0.25, 0.3) is 0 Å². The van der Waals surface area contributed by atoms with Gasteiger partial charge in [-0.15, -0.1) is 0 Å². The molecule has 2 heterocycles. The van der Waals surface area contributed by atoms with Gasteiger partial charge in [0, 0.05) is 37.3 Å². The Hall–Kier alpha value is -2.89. The van der Waals surface area contributed by atoms with E-state index in [9.17, 15) is 26.3 Å². The Balaban J connectivity index is 0.000000370. The molecule has 1 aliphatic heterocycles. The molecule has 0 radical (unpaired) electrons. The first-order valence-electron chi connectivity index (χ1n) is 8.21. The van der Waals surface area contributed by atoms with Crippen LogP contribution in [0.4, 0.5) is 32.2 Å². The quantitative estimate of drug-likeness (QED) is 0.571. The second-order valence-corrected chi connectivity index (χ2v) is 6.16. The largest absolute Gasteiger partial charge is 0.490 e. The van der Waals surface area contributed by atoms with Crippen LogP contribution in [0.1, 0.15) is 17.9 Å². The first kappa shape index (κ1) is 22.4. The van der Waals surface area contributed by atoms with E-state index in [2.05, 4.69) is 9.97 Å².